The van der Waals surface area contributed by atoms with E-state index in [-0.39, 0.29) is 12.8 Å². The van der Waals surface area contributed by atoms with Gasteiger partial charge in [-0.3, -0.25) is 14.2 Å². The Morgan fingerprint density at radius 1 is 1.36 bits per heavy atom. The van der Waals surface area contributed by atoms with Crippen molar-refractivity contribution in [2.75, 3.05) is 6.16 Å². The third kappa shape index (κ3) is 6.73. The van der Waals surface area contributed by atoms with Crippen LogP contribution in [0.15, 0.2) is 0 Å². The maximum atomic E-state index is 10.8. The maximum absolute atomic E-state index is 10.8. The molecule has 0 aromatic heterocycles. The molecule has 0 aliphatic heterocycles. The summed E-state index contributed by atoms with van der Waals surface area (Å²) in [5.74, 6) is -1.93. The number of rotatable bonds is 6. The van der Waals surface area contributed by atoms with Gasteiger partial charge in [-0.05, 0) is 6.42 Å². The fraction of sp³-hybridized carbons (Fsp3) is 0.667. The number of aliphatic carboxylic acids is 1. The minimum Gasteiger partial charge on any atom is -0.480 e. The van der Waals surface area contributed by atoms with Crippen LogP contribution < -0.4 is 5.73 Å². The molecule has 0 bridgehead atoms. The van der Waals surface area contributed by atoms with Gasteiger partial charge in [0.15, 0.2) is 0 Å². The van der Waals surface area contributed by atoms with Crippen molar-refractivity contribution in [3.63, 3.8) is 0 Å². The Bertz CT molecular complexity index is 271. The molecule has 0 rings (SSSR count). The number of carboxylic acids is 1. The topological polar surface area (TPSA) is 138 Å². The highest BCUT2D eigenvalue weighted by atomic mass is 31.2. The van der Waals surface area contributed by atoms with Gasteiger partial charge in [-0.15, -0.1) is 0 Å². The second kappa shape index (κ2) is 5.21. The molecule has 0 radical (unpaired) electrons. The predicted octanol–water partition coefficient (Wildman–Crippen LogP) is -1.07. The van der Waals surface area contributed by atoms with E-state index in [1.54, 1.807) is 0 Å². The molecule has 0 aliphatic carbocycles. The first-order valence-electron chi connectivity index (χ1n) is 3.77. The summed E-state index contributed by atoms with van der Waals surface area (Å²) in [6, 6.07) is -1.17. The van der Waals surface area contributed by atoms with Gasteiger partial charge in [-0.25, -0.2) is 0 Å². The van der Waals surface area contributed by atoms with Gasteiger partial charge in [0.1, 0.15) is 18.0 Å². The summed E-state index contributed by atoms with van der Waals surface area (Å²) in [7, 11) is -4.34. The lowest BCUT2D eigenvalue weighted by atomic mass is 10.1. The van der Waals surface area contributed by atoms with Gasteiger partial charge in [0, 0.05) is 6.42 Å². The Labute approximate surface area is 80.1 Å². The zero-order chi connectivity index (χ0) is 11.4. The number of hydrogen-bond donors (Lipinski definition) is 4. The highest BCUT2D eigenvalue weighted by molar-refractivity contribution is 7.52. The normalized spacial score (nSPS) is 13.6. The van der Waals surface area contributed by atoms with Crippen molar-refractivity contribution in [3.8, 4) is 0 Å². The molecular formula is C6H12NO6P. The zero-order valence-corrected chi connectivity index (χ0v) is 8.18. The van der Waals surface area contributed by atoms with Gasteiger partial charge in [-0.2, -0.15) is 0 Å². The summed E-state index contributed by atoms with van der Waals surface area (Å²) >= 11 is 0. The average molecular weight is 225 g/mol. The minimum atomic E-state index is -4.34. The van der Waals surface area contributed by atoms with Crippen LogP contribution in [0, 0.1) is 0 Å². The SMILES string of the molecule is NC(CCC(=O)CP(=O)(O)O)C(=O)O. The van der Waals surface area contributed by atoms with Crippen LogP contribution in [-0.2, 0) is 14.2 Å². The maximum Gasteiger partial charge on any atom is 0.332 e. The second-order valence-corrected chi connectivity index (χ2v) is 4.49. The number of carbonyl (C=O) groups excluding carboxylic acids is 1. The lowest BCUT2D eigenvalue weighted by Crippen LogP contribution is -2.30. The highest BCUT2D eigenvalue weighted by Gasteiger charge is 2.20. The van der Waals surface area contributed by atoms with Crippen LogP contribution in [0.2, 0.25) is 0 Å². The summed E-state index contributed by atoms with van der Waals surface area (Å²) in [4.78, 5) is 37.9. The van der Waals surface area contributed by atoms with Gasteiger partial charge < -0.3 is 20.6 Å². The number of Topliss-reactive ketones (excluding diaryl/α,β-unsaturated/α-hetero) is 1. The predicted molar refractivity (Wildman–Crippen MR) is 46.8 cm³/mol. The van der Waals surface area contributed by atoms with Crippen LogP contribution in [0.1, 0.15) is 12.8 Å². The van der Waals surface area contributed by atoms with Crippen LogP contribution in [0.25, 0.3) is 0 Å². The van der Waals surface area contributed by atoms with Crippen LogP contribution in [0.5, 0.6) is 0 Å². The molecule has 0 fully saturated rings. The van der Waals surface area contributed by atoms with E-state index in [0.29, 0.717) is 0 Å². The van der Waals surface area contributed by atoms with E-state index in [2.05, 4.69) is 0 Å². The number of carbonyl (C=O) groups is 2. The monoisotopic (exact) mass is 225 g/mol. The number of carboxylic acid groups (broad SMARTS) is 1. The first-order chi connectivity index (χ1) is 6.22. The molecular weight excluding hydrogens is 213 g/mol. The van der Waals surface area contributed by atoms with Crippen molar-refractivity contribution in [2.24, 2.45) is 5.73 Å². The fourth-order valence-corrected chi connectivity index (χ4v) is 1.37. The molecule has 8 heteroatoms. The van der Waals surface area contributed by atoms with Crippen molar-refractivity contribution < 1.29 is 29.0 Å². The molecule has 0 aromatic carbocycles. The molecule has 0 amide bonds. The van der Waals surface area contributed by atoms with E-state index in [1.807, 2.05) is 0 Å². The number of nitrogens with two attached hydrogens (primary N) is 1. The molecule has 7 nitrogen and oxygen atoms in total. The van der Waals surface area contributed by atoms with E-state index >= 15 is 0 Å². The van der Waals surface area contributed by atoms with Crippen molar-refractivity contribution in [3.05, 3.63) is 0 Å². The van der Waals surface area contributed by atoms with Crippen LogP contribution >= 0.6 is 7.60 Å². The third-order valence-corrected chi connectivity index (χ3v) is 2.20. The van der Waals surface area contributed by atoms with Crippen LogP contribution in [-0.4, -0.2) is 38.8 Å². The quantitative estimate of drug-likeness (QED) is 0.422. The molecule has 1 atom stereocenters. The fourth-order valence-electron chi connectivity index (χ4n) is 0.749. The summed E-state index contributed by atoms with van der Waals surface area (Å²) in [5, 5.41) is 8.34. The van der Waals surface area contributed by atoms with E-state index < -0.39 is 31.6 Å². The molecule has 0 aromatic rings. The lowest BCUT2D eigenvalue weighted by Gasteiger charge is -2.05. The summed E-state index contributed by atoms with van der Waals surface area (Å²) in [5.41, 5.74) is 5.08. The Hall–Kier alpha value is -0.750. The van der Waals surface area contributed by atoms with Crippen molar-refractivity contribution in [1.82, 2.24) is 0 Å². The van der Waals surface area contributed by atoms with Crippen molar-refractivity contribution >= 4 is 19.3 Å². The smallest absolute Gasteiger partial charge is 0.332 e. The number of hydrogen-bond acceptors (Lipinski definition) is 4. The second-order valence-electron chi connectivity index (χ2n) is 2.84. The minimum absolute atomic E-state index is 0.117. The number of ketones is 1. The molecule has 14 heavy (non-hydrogen) atoms. The summed E-state index contributed by atoms with van der Waals surface area (Å²) in [6.45, 7) is 0. The van der Waals surface area contributed by atoms with E-state index in [0.717, 1.165) is 0 Å². The average Bonchev–Trinajstić information content (AvgIpc) is 1.96. The summed E-state index contributed by atoms with van der Waals surface area (Å²) < 4.78 is 10.3. The van der Waals surface area contributed by atoms with Crippen LogP contribution in [0.4, 0.5) is 0 Å². The van der Waals surface area contributed by atoms with Gasteiger partial charge in [-0.1, -0.05) is 0 Å². The first-order valence-corrected chi connectivity index (χ1v) is 5.57. The summed E-state index contributed by atoms with van der Waals surface area (Å²) in [6.07, 6.45) is -1.22. The van der Waals surface area contributed by atoms with Gasteiger partial charge in [0.05, 0.1) is 0 Å². The van der Waals surface area contributed by atoms with Crippen molar-refractivity contribution in [2.45, 2.75) is 18.9 Å². The molecule has 82 valence electrons. The Balaban J connectivity index is 3.87. The zero-order valence-electron chi connectivity index (χ0n) is 7.29. The van der Waals surface area contributed by atoms with E-state index in [9.17, 15) is 14.2 Å². The van der Waals surface area contributed by atoms with Gasteiger partial charge in [0.2, 0.25) is 0 Å². The molecule has 0 aliphatic rings. The Morgan fingerprint density at radius 3 is 2.21 bits per heavy atom. The largest absolute Gasteiger partial charge is 0.480 e. The molecule has 0 spiro atoms. The van der Waals surface area contributed by atoms with Gasteiger partial charge in [0.25, 0.3) is 0 Å². The van der Waals surface area contributed by atoms with Gasteiger partial charge >= 0.3 is 13.6 Å². The Kier molecular flexibility index (Phi) is 4.93. The molecule has 0 heterocycles. The van der Waals surface area contributed by atoms with E-state index in [4.69, 9.17) is 20.6 Å². The molecule has 0 saturated carbocycles. The lowest BCUT2D eigenvalue weighted by molar-refractivity contribution is -0.138. The Morgan fingerprint density at radius 2 is 1.86 bits per heavy atom. The molecule has 5 N–H and O–H groups in total. The highest BCUT2D eigenvalue weighted by Crippen LogP contribution is 2.34. The van der Waals surface area contributed by atoms with Crippen molar-refractivity contribution in [1.29, 1.82) is 0 Å². The van der Waals surface area contributed by atoms with Crippen LogP contribution in [0.3, 0.4) is 0 Å². The molecule has 0 saturated heterocycles. The van der Waals surface area contributed by atoms with E-state index in [1.165, 1.54) is 0 Å². The third-order valence-electron chi connectivity index (χ3n) is 1.43. The first kappa shape index (κ1) is 13.2. The standard InChI is InChI=1S/C6H12NO6P/c7-5(6(9)10)2-1-4(8)3-14(11,12)13/h5H,1-3,7H2,(H,9,10)(H2,11,12,13). The molecule has 1 unspecified atom stereocenters.